The van der Waals surface area contributed by atoms with Gasteiger partial charge < -0.3 is 0 Å². The van der Waals surface area contributed by atoms with Gasteiger partial charge in [-0.2, -0.15) is 9.40 Å². The van der Waals surface area contributed by atoms with Crippen molar-refractivity contribution >= 4 is 20.8 Å². The van der Waals surface area contributed by atoms with E-state index in [4.69, 9.17) is 0 Å². The Labute approximate surface area is 147 Å². The van der Waals surface area contributed by atoms with E-state index in [1.54, 1.807) is 17.5 Å². The molecular weight excluding hydrogens is 334 g/mol. The van der Waals surface area contributed by atoms with Gasteiger partial charge in [-0.1, -0.05) is 36.4 Å². The van der Waals surface area contributed by atoms with E-state index in [0.29, 0.717) is 0 Å². The zero-order chi connectivity index (χ0) is 17.6. The predicted molar refractivity (Wildman–Crippen MR) is 97.6 cm³/mol. The van der Waals surface area contributed by atoms with Gasteiger partial charge >= 0.3 is 0 Å². The Morgan fingerprint density at radius 1 is 1.16 bits per heavy atom. The van der Waals surface area contributed by atoms with Crippen LogP contribution in [0.25, 0.3) is 10.8 Å². The molecule has 1 unspecified atom stereocenters. The van der Waals surface area contributed by atoms with Crippen LogP contribution in [-0.2, 0) is 17.1 Å². The topological polar surface area (TPSA) is 55.2 Å². The van der Waals surface area contributed by atoms with E-state index in [1.807, 2.05) is 25.1 Å². The standard InChI is InChI=1S/C19H21N3O2S/c1-14(16-8-7-15-5-3-4-6-17(15)11-16)22(18-9-10-18)25(23,24)19-12-20-21(2)13-19/h3-8,11-14,18H,9-10H2,1-2H3. The Morgan fingerprint density at radius 2 is 1.88 bits per heavy atom. The maximum atomic E-state index is 13.2. The quantitative estimate of drug-likeness (QED) is 0.704. The molecule has 1 aliphatic rings. The van der Waals surface area contributed by atoms with Crippen LogP contribution in [0.3, 0.4) is 0 Å². The third kappa shape index (κ3) is 2.96. The zero-order valence-electron chi connectivity index (χ0n) is 14.3. The summed E-state index contributed by atoms with van der Waals surface area (Å²) in [5.41, 5.74) is 1.01. The van der Waals surface area contributed by atoms with Crippen LogP contribution in [0, 0.1) is 0 Å². The summed E-state index contributed by atoms with van der Waals surface area (Å²) < 4.78 is 29.5. The van der Waals surface area contributed by atoms with Crippen molar-refractivity contribution in [3.63, 3.8) is 0 Å². The number of aryl methyl sites for hydroxylation is 1. The Morgan fingerprint density at radius 3 is 2.52 bits per heavy atom. The molecule has 2 aromatic carbocycles. The second kappa shape index (κ2) is 5.97. The van der Waals surface area contributed by atoms with Gasteiger partial charge in [0.2, 0.25) is 10.0 Å². The molecule has 0 radical (unpaired) electrons. The minimum atomic E-state index is -3.57. The highest BCUT2D eigenvalue weighted by Crippen LogP contribution is 2.39. The van der Waals surface area contributed by atoms with Gasteiger partial charge in [0.1, 0.15) is 4.90 Å². The molecule has 0 amide bonds. The van der Waals surface area contributed by atoms with Crippen molar-refractivity contribution in [2.24, 2.45) is 7.05 Å². The Bertz CT molecular complexity index is 1020. The van der Waals surface area contributed by atoms with E-state index in [1.165, 1.54) is 10.9 Å². The number of rotatable bonds is 5. The van der Waals surface area contributed by atoms with Crippen molar-refractivity contribution in [3.8, 4) is 0 Å². The number of aromatic nitrogens is 2. The lowest BCUT2D eigenvalue weighted by molar-refractivity contribution is 0.334. The fourth-order valence-corrected chi connectivity index (χ4v) is 5.17. The highest BCUT2D eigenvalue weighted by atomic mass is 32.2. The molecule has 6 heteroatoms. The van der Waals surface area contributed by atoms with Crippen LogP contribution in [0.1, 0.15) is 31.4 Å². The van der Waals surface area contributed by atoms with Crippen LogP contribution in [-0.4, -0.2) is 28.5 Å². The monoisotopic (exact) mass is 355 g/mol. The third-order valence-electron chi connectivity index (χ3n) is 4.80. The van der Waals surface area contributed by atoms with E-state index in [9.17, 15) is 8.42 Å². The molecule has 1 heterocycles. The number of sulfonamides is 1. The average Bonchev–Trinajstić information content (AvgIpc) is 3.32. The summed E-state index contributed by atoms with van der Waals surface area (Å²) in [5.74, 6) is 0. The molecule has 25 heavy (non-hydrogen) atoms. The van der Waals surface area contributed by atoms with Crippen LogP contribution in [0.2, 0.25) is 0 Å². The molecule has 1 aliphatic carbocycles. The number of hydrogen-bond donors (Lipinski definition) is 0. The second-order valence-corrected chi connectivity index (χ2v) is 8.54. The summed E-state index contributed by atoms with van der Waals surface area (Å²) in [5, 5.41) is 6.31. The second-order valence-electron chi connectivity index (χ2n) is 6.70. The summed E-state index contributed by atoms with van der Waals surface area (Å²) in [6.07, 6.45) is 4.82. The van der Waals surface area contributed by atoms with Crippen molar-refractivity contribution in [2.45, 2.75) is 36.7 Å². The van der Waals surface area contributed by atoms with Gasteiger partial charge in [-0.05, 0) is 42.2 Å². The molecule has 0 saturated heterocycles. The molecule has 1 atom stereocenters. The molecular formula is C19H21N3O2S. The van der Waals surface area contributed by atoms with Crippen LogP contribution in [0.5, 0.6) is 0 Å². The summed E-state index contributed by atoms with van der Waals surface area (Å²) in [7, 11) is -1.84. The van der Waals surface area contributed by atoms with Crippen LogP contribution >= 0.6 is 0 Å². The maximum Gasteiger partial charge on any atom is 0.247 e. The van der Waals surface area contributed by atoms with Crippen molar-refractivity contribution in [1.29, 1.82) is 0 Å². The van der Waals surface area contributed by atoms with Crippen LogP contribution < -0.4 is 0 Å². The van der Waals surface area contributed by atoms with Gasteiger partial charge in [0, 0.05) is 25.3 Å². The van der Waals surface area contributed by atoms with E-state index in [0.717, 1.165) is 29.2 Å². The average molecular weight is 355 g/mol. The molecule has 1 saturated carbocycles. The van der Waals surface area contributed by atoms with Gasteiger partial charge in [-0.3, -0.25) is 4.68 Å². The van der Waals surface area contributed by atoms with Gasteiger partial charge in [0.15, 0.2) is 0 Å². The molecule has 1 fully saturated rings. The summed E-state index contributed by atoms with van der Waals surface area (Å²) >= 11 is 0. The van der Waals surface area contributed by atoms with Gasteiger partial charge in [0.05, 0.1) is 6.20 Å². The highest BCUT2D eigenvalue weighted by Gasteiger charge is 2.42. The number of hydrogen-bond acceptors (Lipinski definition) is 3. The summed E-state index contributed by atoms with van der Waals surface area (Å²) in [6, 6.07) is 14.2. The smallest absolute Gasteiger partial charge is 0.247 e. The Hall–Kier alpha value is -2.18. The first-order valence-electron chi connectivity index (χ1n) is 8.48. The van der Waals surface area contributed by atoms with E-state index < -0.39 is 10.0 Å². The Balaban J connectivity index is 1.75. The van der Waals surface area contributed by atoms with Crippen molar-refractivity contribution in [2.75, 3.05) is 0 Å². The van der Waals surface area contributed by atoms with E-state index in [2.05, 4.69) is 29.4 Å². The largest absolute Gasteiger partial charge is 0.274 e. The van der Waals surface area contributed by atoms with Crippen LogP contribution in [0.4, 0.5) is 0 Å². The highest BCUT2D eigenvalue weighted by molar-refractivity contribution is 7.89. The minimum absolute atomic E-state index is 0.0756. The molecule has 0 bridgehead atoms. The molecule has 0 spiro atoms. The van der Waals surface area contributed by atoms with Gasteiger partial charge in [-0.25, -0.2) is 8.42 Å². The lowest BCUT2D eigenvalue weighted by Crippen LogP contribution is -2.35. The first kappa shape index (κ1) is 16.3. The molecule has 5 nitrogen and oxygen atoms in total. The molecule has 1 aromatic heterocycles. The summed E-state index contributed by atoms with van der Waals surface area (Å²) in [6.45, 7) is 1.97. The summed E-state index contributed by atoms with van der Waals surface area (Å²) in [4.78, 5) is 0.259. The first-order valence-corrected chi connectivity index (χ1v) is 9.92. The predicted octanol–water partition coefficient (Wildman–Crippen LogP) is 3.49. The fraction of sp³-hybridized carbons (Fsp3) is 0.316. The lowest BCUT2D eigenvalue weighted by Gasteiger charge is -2.28. The lowest BCUT2D eigenvalue weighted by atomic mass is 10.0. The fourth-order valence-electron chi connectivity index (χ4n) is 3.32. The number of nitrogens with zero attached hydrogens (tertiary/aromatic N) is 3. The molecule has 4 rings (SSSR count). The third-order valence-corrected chi connectivity index (χ3v) is 6.78. The Kier molecular flexibility index (Phi) is 3.89. The van der Waals surface area contributed by atoms with E-state index in [-0.39, 0.29) is 17.0 Å². The van der Waals surface area contributed by atoms with Gasteiger partial charge in [0.25, 0.3) is 0 Å². The first-order chi connectivity index (χ1) is 12.0. The zero-order valence-corrected chi connectivity index (χ0v) is 15.1. The van der Waals surface area contributed by atoms with E-state index >= 15 is 0 Å². The SMILES string of the molecule is CC(c1ccc2ccccc2c1)N(C1CC1)S(=O)(=O)c1cnn(C)c1. The molecule has 0 aliphatic heterocycles. The molecule has 3 aromatic rings. The van der Waals surface area contributed by atoms with Gasteiger partial charge in [-0.15, -0.1) is 0 Å². The minimum Gasteiger partial charge on any atom is -0.274 e. The maximum absolute atomic E-state index is 13.2. The molecule has 0 N–H and O–H groups in total. The van der Waals surface area contributed by atoms with Crippen molar-refractivity contribution in [3.05, 3.63) is 60.4 Å². The molecule has 130 valence electrons. The normalized spacial score (nSPS) is 16.4. The van der Waals surface area contributed by atoms with Crippen molar-refractivity contribution in [1.82, 2.24) is 14.1 Å². The van der Waals surface area contributed by atoms with Crippen molar-refractivity contribution < 1.29 is 8.42 Å². The number of fused-ring (bicyclic) bond motifs is 1. The number of benzene rings is 2. The van der Waals surface area contributed by atoms with Crippen LogP contribution in [0.15, 0.2) is 59.8 Å².